The van der Waals surface area contributed by atoms with Crippen molar-refractivity contribution in [2.24, 2.45) is 5.92 Å². The minimum Gasteiger partial charge on any atom is -0.369 e. The second kappa shape index (κ2) is 9.92. The summed E-state index contributed by atoms with van der Waals surface area (Å²) in [6.45, 7) is 5.22. The van der Waals surface area contributed by atoms with Crippen molar-refractivity contribution in [2.75, 3.05) is 49.5 Å². The molecular weight excluding hydrogens is 395 g/mol. The van der Waals surface area contributed by atoms with Crippen LogP contribution in [0.1, 0.15) is 18.4 Å². The van der Waals surface area contributed by atoms with Gasteiger partial charge in [-0.1, -0.05) is 18.2 Å². The topological polar surface area (TPSA) is 64.7 Å². The molecule has 0 atom stereocenters. The maximum Gasteiger partial charge on any atom is 0.243 e. The molecule has 31 heavy (non-hydrogen) atoms. The second-order valence-electron chi connectivity index (χ2n) is 8.41. The zero-order valence-electron chi connectivity index (χ0n) is 17.6. The molecule has 7 heteroatoms. The molecule has 2 aromatic carbocycles. The molecular formula is C24H29FN4O2. The van der Waals surface area contributed by atoms with Crippen LogP contribution in [0.25, 0.3) is 0 Å². The van der Waals surface area contributed by atoms with E-state index in [9.17, 15) is 14.0 Å². The molecule has 1 aliphatic heterocycles. The van der Waals surface area contributed by atoms with E-state index in [-0.39, 0.29) is 30.6 Å². The van der Waals surface area contributed by atoms with Gasteiger partial charge in [-0.2, -0.15) is 0 Å². The van der Waals surface area contributed by atoms with Crippen LogP contribution in [0.15, 0.2) is 48.5 Å². The third kappa shape index (κ3) is 6.52. The SMILES string of the molecule is O=C(Cc1cccc(F)c1)NCC(=O)Nc1cccc(N2CCN(CC3CC3)CC2)c1. The molecule has 0 bridgehead atoms. The molecule has 2 N–H and O–H groups in total. The molecule has 2 amide bonds. The van der Waals surface area contributed by atoms with Gasteiger partial charge in [0.15, 0.2) is 0 Å². The minimum atomic E-state index is -0.382. The summed E-state index contributed by atoms with van der Waals surface area (Å²) in [6, 6.07) is 13.7. The number of piperazine rings is 1. The van der Waals surface area contributed by atoms with Crippen LogP contribution in [0.5, 0.6) is 0 Å². The molecule has 4 rings (SSSR count). The third-order valence-electron chi connectivity index (χ3n) is 5.78. The summed E-state index contributed by atoms with van der Waals surface area (Å²) in [5.41, 5.74) is 2.38. The zero-order chi connectivity index (χ0) is 21.6. The van der Waals surface area contributed by atoms with Gasteiger partial charge in [-0.3, -0.25) is 14.5 Å². The van der Waals surface area contributed by atoms with E-state index in [0.29, 0.717) is 11.3 Å². The Labute approximate surface area is 182 Å². The molecule has 1 heterocycles. The molecule has 0 radical (unpaired) electrons. The van der Waals surface area contributed by atoms with Crippen molar-refractivity contribution in [1.82, 2.24) is 10.2 Å². The van der Waals surface area contributed by atoms with Gasteiger partial charge in [0, 0.05) is 44.1 Å². The first-order valence-corrected chi connectivity index (χ1v) is 10.9. The predicted molar refractivity (Wildman–Crippen MR) is 120 cm³/mol. The summed E-state index contributed by atoms with van der Waals surface area (Å²) in [5.74, 6) is -0.0794. The number of rotatable bonds is 8. The van der Waals surface area contributed by atoms with Gasteiger partial charge < -0.3 is 15.5 Å². The predicted octanol–water partition coefficient (Wildman–Crippen LogP) is 2.66. The van der Waals surface area contributed by atoms with Crippen molar-refractivity contribution >= 4 is 23.2 Å². The largest absolute Gasteiger partial charge is 0.369 e. The maximum atomic E-state index is 13.2. The molecule has 2 aromatic rings. The van der Waals surface area contributed by atoms with Crippen molar-refractivity contribution in [3.63, 3.8) is 0 Å². The number of nitrogens with zero attached hydrogens (tertiary/aromatic N) is 2. The van der Waals surface area contributed by atoms with Gasteiger partial charge in [-0.25, -0.2) is 4.39 Å². The standard InChI is InChI=1S/C24H29FN4O2/c25-20-4-1-3-19(13-20)14-23(30)26-16-24(31)27-21-5-2-6-22(15-21)29-11-9-28(10-12-29)17-18-7-8-18/h1-6,13,15,18H,7-12,14,16-17H2,(H,26,30)(H,27,31). The molecule has 2 fully saturated rings. The highest BCUT2D eigenvalue weighted by molar-refractivity contribution is 5.95. The summed E-state index contributed by atoms with van der Waals surface area (Å²) in [5, 5.41) is 5.43. The van der Waals surface area contributed by atoms with Gasteiger partial charge in [0.1, 0.15) is 5.82 Å². The summed E-state index contributed by atoms with van der Waals surface area (Å²) in [4.78, 5) is 29.2. The van der Waals surface area contributed by atoms with Gasteiger partial charge in [0.25, 0.3) is 0 Å². The van der Waals surface area contributed by atoms with Crippen LogP contribution in [-0.4, -0.2) is 56.0 Å². The Morgan fingerprint density at radius 2 is 1.74 bits per heavy atom. The van der Waals surface area contributed by atoms with Crippen LogP contribution in [0.4, 0.5) is 15.8 Å². The Morgan fingerprint density at radius 1 is 0.968 bits per heavy atom. The minimum absolute atomic E-state index is 0.0350. The quantitative estimate of drug-likeness (QED) is 0.684. The Balaban J connectivity index is 1.22. The number of amides is 2. The van der Waals surface area contributed by atoms with E-state index in [1.807, 2.05) is 18.2 Å². The molecule has 0 spiro atoms. The number of anilines is 2. The van der Waals surface area contributed by atoms with Crippen molar-refractivity contribution in [2.45, 2.75) is 19.3 Å². The van der Waals surface area contributed by atoms with Gasteiger partial charge >= 0.3 is 0 Å². The molecule has 1 aliphatic carbocycles. The highest BCUT2D eigenvalue weighted by Crippen LogP contribution is 2.30. The molecule has 1 saturated carbocycles. The average molecular weight is 425 g/mol. The lowest BCUT2D eigenvalue weighted by Crippen LogP contribution is -2.47. The van der Waals surface area contributed by atoms with Gasteiger partial charge in [0.05, 0.1) is 13.0 Å². The Kier molecular flexibility index (Phi) is 6.82. The number of hydrogen-bond donors (Lipinski definition) is 2. The number of carbonyl (C=O) groups excluding carboxylic acids is 2. The number of halogens is 1. The third-order valence-corrected chi connectivity index (χ3v) is 5.78. The molecule has 164 valence electrons. The fourth-order valence-electron chi connectivity index (χ4n) is 3.91. The van der Waals surface area contributed by atoms with E-state index < -0.39 is 0 Å². The zero-order valence-corrected chi connectivity index (χ0v) is 17.6. The first kappa shape index (κ1) is 21.3. The maximum absolute atomic E-state index is 13.2. The molecule has 2 aliphatic rings. The monoisotopic (exact) mass is 424 g/mol. The fraction of sp³-hybridized carbons (Fsp3) is 0.417. The van der Waals surface area contributed by atoms with Crippen LogP contribution in [0.2, 0.25) is 0 Å². The molecule has 1 saturated heterocycles. The number of benzene rings is 2. The van der Waals surface area contributed by atoms with Crippen LogP contribution in [0, 0.1) is 11.7 Å². The van der Waals surface area contributed by atoms with E-state index in [4.69, 9.17) is 0 Å². The van der Waals surface area contributed by atoms with Crippen LogP contribution < -0.4 is 15.5 Å². The van der Waals surface area contributed by atoms with Gasteiger partial charge in [-0.05, 0) is 54.7 Å². The Morgan fingerprint density at radius 3 is 2.48 bits per heavy atom. The highest BCUT2D eigenvalue weighted by Gasteiger charge is 2.26. The molecule has 0 aromatic heterocycles. The van der Waals surface area contributed by atoms with E-state index in [1.54, 1.807) is 12.1 Å². The first-order valence-electron chi connectivity index (χ1n) is 10.9. The lowest BCUT2D eigenvalue weighted by molar-refractivity contribution is -0.123. The Hall–Kier alpha value is -2.93. The van der Waals surface area contributed by atoms with Crippen molar-refractivity contribution in [1.29, 1.82) is 0 Å². The average Bonchev–Trinajstić information content (AvgIpc) is 3.57. The van der Waals surface area contributed by atoms with Crippen molar-refractivity contribution in [3.05, 3.63) is 59.9 Å². The summed E-state index contributed by atoms with van der Waals surface area (Å²) in [7, 11) is 0. The first-order chi connectivity index (χ1) is 15.0. The highest BCUT2D eigenvalue weighted by atomic mass is 19.1. The van der Waals surface area contributed by atoms with E-state index >= 15 is 0 Å². The van der Waals surface area contributed by atoms with Gasteiger partial charge in [-0.15, -0.1) is 0 Å². The molecule has 6 nitrogen and oxygen atoms in total. The number of hydrogen-bond acceptors (Lipinski definition) is 4. The van der Waals surface area contributed by atoms with Crippen LogP contribution in [-0.2, 0) is 16.0 Å². The Bertz CT molecular complexity index is 923. The molecule has 0 unspecified atom stereocenters. The summed E-state index contributed by atoms with van der Waals surface area (Å²) in [6.07, 6.45) is 2.80. The summed E-state index contributed by atoms with van der Waals surface area (Å²) < 4.78 is 13.2. The lowest BCUT2D eigenvalue weighted by Gasteiger charge is -2.36. The number of nitrogens with one attached hydrogen (secondary N) is 2. The number of carbonyl (C=O) groups is 2. The van der Waals surface area contributed by atoms with E-state index in [2.05, 4.69) is 26.5 Å². The lowest BCUT2D eigenvalue weighted by atomic mass is 10.1. The normalized spacial score (nSPS) is 16.7. The smallest absolute Gasteiger partial charge is 0.243 e. The summed E-state index contributed by atoms with van der Waals surface area (Å²) >= 11 is 0. The van der Waals surface area contributed by atoms with Crippen LogP contribution >= 0.6 is 0 Å². The van der Waals surface area contributed by atoms with Crippen molar-refractivity contribution < 1.29 is 14.0 Å². The van der Waals surface area contributed by atoms with Gasteiger partial charge in [0.2, 0.25) is 11.8 Å². The van der Waals surface area contributed by atoms with Crippen LogP contribution in [0.3, 0.4) is 0 Å². The van der Waals surface area contributed by atoms with E-state index in [0.717, 1.165) is 37.8 Å². The van der Waals surface area contributed by atoms with E-state index in [1.165, 1.54) is 31.5 Å². The second-order valence-corrected chi connectivity index (χ2v) is 8.41. The van der Waals surface area contributed by atoms with Crippen molar-refractivity contribution in [3.8, 4) is 0 Å². The fourth-order valence-corrected chi connectivity index (χ4v) is 3.91.